The Morgan fingerprint density at radius 3 is 2.57 bits per heavy atom. The van der Waals surface area contributed by atoms with Crippen LogP contribution < -0.4 is 10.5 Å². The van der Waals surface area contributed by atoms with Crippen molar-refractivity contribution < 1.29 is 9.53 Å². The van der Waals surface area contributed by atoms with Gasteiger partial charge in [0.1, 0.15) is 17.2 Å². The Morgan fingerprint density at radius 1 is 1.20 bits per heavy atom. The van der Waals surface area contributed by atoms with Crippen LogP contribution in [-0.4, -0.2) is 46.8 Å². The molecular weight excluding hydrogens is 402 g/mol. The molecule has 4 rings (SSSR count). The van der Waals surface area contributed by atoms with Gasteiger partial charge in [0.05, 0.1) is 10.5 Å². The number of aromatic amines is 1. The van der Waals surface area contributed by atoms with Crippen LogP contribution in [0.25, 0.3) is 10.9 Å². The van der Waals surface area contributed by atoms with E-state index >= 15 is 0 Å². The number of nitrogens with two attached hydrogens (primary N) is 1. The molecule has 0 atom stereocenters. The number of halogens is 1. The molecule has 0 spiro atoms. The van der Waals surface area contributed by atoms with E-state index in [1.165, 1.54) is 38.5 Å². The lowest BCUT2D eigenvalue weighted by Crippen LogP contribution is -2.38. The number of guanidine groups is 1. The summed E-state index contributed by atoms with van der Waals surface area (Å²) in [5, 5.41) is 8.58. The molecule has 0 radical (unpaired) electrons. The number of aromatic nitrogens is 1. The van der Waals surface area contributed by atoms with Crippen LogP contribution in [0.1, 0.15) is 28.9 Å². The lowest BCUT2D eigenvalue weighted by atomic mass is 10.2. The van der Waals surface area contributed by atoms with Gasteiger partial charge in [-0.15, -0.1) is 0 Å². The number of hydrogen-bond acceptors (Lipinski definition) is 4. The second kappa shape index (κ2) is 8.38. The Bertz CT molecular complexity index is 1090. The van der Waals surface area contributed by atoms with Crippen LogP contribution in [-0.2, 0) is 6.54 Å². The topological polar surface area (TPSA) is 98.4 Å². The minimum absolute atomic E-state index is 0.299. The molecule has 1 saturated heterocycles. The number of carbonyl (C=O) groups excluding carboxylic acids is 1. The third-order valence-electron chi connectivity index (χ3n) is 5.32. The van der Waals surface area contributed by atoms with E-state index in [0.717, 1.165) is 17.2 Å². The highest BCUT2D eigenvalue weighted by atomic mass is 35.5. The number of carbonyl (C=O) groups is 1. The molecule has 1 amide bonds. The summed E-state index contributed by atoms with van der Waals surface area (Å²) in [6.45, 7) is 3.30. The molecule has 8 heteroatoms. The fourth-order valence-corrected chi connectivity index (χ4v) is 3.89. The number of nitrogens with zero attached hydrogens (tertiary/aromatic N) is 2. The molecular formula is C22H24ClN5O2. The average molecular weight is 426 g/mol. The summed E-state index contributed by atoms with van der Waals surface area (Å²) in [6.07, 6.45) is 2.56. The van der Waals surface area contributed by atoms with Crippen molar-refractivity contribution in [1.82, 2.24) is 14.8 Å². The van der Waals surface area contributed by atoms with Gasteiger partial charge in [0.2, 0.25) is 0 Å². The molecule has 156 valence electrons. The molecule has 4 N–H and O–H groups in total. The number of benzene rings is 2. The molecule has 0 bridgehead atoms. The monoisotopic (exact) mass is 425 g/mol. The van der Waals surface area contributed by atoms with Crippen molar-refractivity contribution in [2.24, 2.45) is 5.73 Å². The zero-order valence-electron chi connectivity index (χ0n) is 16.7. The SMILES string of the molecule is CN(C(=N)N)C(=O)c1cc2c(Cl)cc(Oc3ccc(CN4CCCC4)cc3)cc2[nH]1. The van der Waals surface area contributed by atoms with Crippen molar-refractivity contribution in [1.29, 1.82) is 5.41 Å². The highest BCUT2D eigenvalue weighted by Gasteiger charge is 2.18. The molecule has 2 heterocycles. The molecule has 1 aromatic heterocycles. The first-order valence-corrected chi connectivity index (χ1v) is 10.2. The summed E-state index contributed by atoms with van der Waals surface area (Å²) < 4.78 is 5.98. The maximum absolute atomic E-state index is 12.4. The Labute approximate surface area is 179 Å². The predicted molar refractivity (Wildman–Crippen MR) is 118 cm³/mol. The first kappa shape index (κ1) is 20.3. The minimum Gasteiger partial charge on any atom is -0.457 e. The number of ether oxygens (including phenoxy) is 1. The van der Waals surface area contributed by atoms with Gasteiger partial charge < -0.3 is 15.5 Å². The smallest absolute Gasteiger partial charge is 0.276 e. The van der Waals surface area contributed by atoms with Crippen molar-refractivity contribution in [3.63, 3.8) is 0 Å². The molecule has 1 aliphatic rings. The lowest BCUT2D eigenvalue weighted by Gasteiger charge is -2.14. The second-order valence-corrected chi connectivity index (χ2v) is 7.94. The summed E-state index contributed by atoms with van der Waals surface area (Å²) in [6, 6.07) is 13.2. The molecule has 0 saturated carbocycles. The van der Waals surface area contributed by atoms with E-state index in [9.17, 15) is 4.79 Å². The molecule has 0 aliphatic carbocycles. The van der Waals surface area contributed by atoms with Crippen LogP contribution in [0.4, 0.5) is 0 Å². The van der Waals surface area contributed by atoms with Gasteiger partial charge in [0.15, 0.2) is 5.96 Å². The molecule has 1 fully saturated rings. The van der Waals surface area contributed by atoms with Crippen LogP contribution in [0.2, 0.25) is 5.02 Å². The van der Waals surface area contributed by atoms with Crippen LogP contribution in [0, 0.1) is 5.41 Å². The van der Waals surface area contributed by atoms with Crippen LogP contribution in [0.3, 0.4) is 0 Å². The molecule has 1 aliphatic heterocycles. The molecule has 7 nitrogen and oxygen atoms in total. The van der Waals surface area contributed by atoms with E-state index in [2.05, 4.69) is 22.0 Å². The van der Waals surface area contributed by atoms with E-state index in [1.807, 2.05) is 12.1 Å². The minimum atomic E-state index is -0.411. The third-order valence-corrected chi connectivity index (χ3v) is 5.63. The summed E-state index contributed by atoms with van der Waals surface area (Å²) in [5.41, 5.74) is 7.62. The van der Waals surface area contributed by atoms with Crippen LogP contribution in [0.15, 0.2) is 42.5 Å². The van der Waals surface area contributed by atoms with Gasteiger partial charge in [0, 0.05) is 31.1 Å². The molecule has 0 unspecified atom stereocenters. The highest BCUT2D eigenvalue weighted by molar-refractivity contribution is 6.35. The summed E-state index contributed by atoms with van der Waals surface area (Å²) in [7, 11) is 1.44. The lowest BCUT2D eigenvalue weighted by molar-refractivity contribution is 0.0864. The fraction of sp³-hybridized carbons (Fsp3) is 0.273. The summed E-state index contributed by atoms with van der Waals surface area (Å²) >= 11 is 6.41. The first-order valence-electron chi connectivity index (χ1n) is 9.84. The normalized spacial score (nSPS) is 14.2. The zero-order chi connectivity index (χ0) is 21.3. The largest absolute Gasteiger partial charge is 0.457 e. The molecule has 2 aromatic carbocycles. The Balaban J connectivity index is 1.51. The number of fused-ring (bicyclic) bond motifs is 1. The van der Waals surface area contributed by atoms with E-state index in [4.69, 9.17) is 27.5 Å². The van der Waals surface area contributed by atoms with Gasteiger partial charge in [-0.1, -0.05) is 23.7 Å². The van der Waals surface area contributed by atoms with E-state index < -0.39 is 5.91 Å². The molecule has 3 aromatic rings. The van der Waals surface area contributed by atoms with Gasteiger partial charge in [-0.2, -0.15) is 0 Å². The van der Waals surface area contributed by atoms with Gasteiger partial charge in [0.25, 0.3) is 5.91 Å². The zero-order valence-corrected chi connectivity index (χ0v) is 17.5. The van der Waals surface area contributed by atoms with Gasteiger partial charge >= 0.3 is 0 Å². The standard InChI is InChI=1S/C22H24ClN5O2/c1-27(22(24)25)21(29)20-12-17-18(23)10-16(11-19(17)26-20)30-15-6-4-14(5-7-15)13-28-8-2-3-9-28/h4-7,10-12,26H,2-3,8-9,13H2,1H3,(H3,24,25). The Kier molecular flexibility index (Phi) is 5.65. The summed E-state index contributed by atoms with van der Waals surface area (Å²) in [4.78, 5) is 18.9. The van der Waals surface area contributed by atoms with E-state index in [1.54, 1.807) is 18.2 Å². The second-order valence-electron chi connectivity index (χ2n) is 7.53. The van der Waals surface area contributed by atoms with Crippen molar-refractivity contribution in [2.45, 2.75) is 19.4 Å². The predicted octanol–water partition coefficient (Wildman–Crippen LogP) is 4.17. The van der Waals surface area contributed by atoms with Crippen LogP contribution in [0.5, 0.6) is 11.5 Å². The number of rotatable bonds is 5. The Hall–Kier alpha value is -3.03. The van der Waals surface area contributed by atoms with Crippen molar-refractivity contribution in [3.8, 4) is 11.5 Å². The van der Waals surface area contributed by atoms with Crippen molar-refractivity contribution in [2.75, 3.05) is 20.1 Å². The molecule has 30 heavy (non-hydrogen) atoms. The van der Waals surface area contributed by atoms with Crippen LogP contribution >= 0.6 is 11.6 Å². The van der Waals surface area contributed by atoms with E-state index in [0.29, 0.717) is 27.4 Å². The number of likely N-dealkylation sites (tertiary alicyclic amines) is 1. The Morgan fingerprint density at radius 2 is 1.90 bits per heavy atom. The average Bonchev–Trinajstić information content (AvgIpc) is 3.38. The van der Waals surface area contributed by atoms with Gasteiger partial charge in [-0.05, 0) is 49.7 Å². The number of amides is 1. The van der Waals surface area contributed by atoms with E-state index in [-0.39, 0.29) is 5.96 Å². The fourth-order valence-electron chi connectivity index (χ4n) is 3.63. The van der Waals surface area contributed by atoms with Crippen molar-refractivity contribution >= 4 is 34.4 Å². The number of hydrogen-bond donors (Lipinski definition) is 3. The van der Waals surface area contributed by atoms with Gasteiger partial charge in [-0.3, -0.25) is 20.0 Å². The van der Waals surface area contributed by atoms with Gasteiger partial charge in [-0.25, -0.2) is 0 Å². The summed E-state index contributed by atoms with van der Waals surface area (Å²) in [5.74, 6) is 0.545. The maximum Gasteiger partial charge on any atom is 0.276 e. The van der Waals surface area contributed by atoms with Crippen molar-refractivity contribution in [3.05, 3.63) is 58.7 Å². The number of H-pyrrole nitrogens is 1. The third kappa shape index (κ3) is 4.27. The quantitative estimate of drug-likeness (QED) is 0.422. The first-order chi connectivity index (χ1) is 14.4. The highest BCUT2D eigenvalue weighted by Crippen LogP contribution is 2.32. The number of nitrogens with one attached hydrogen (secondary N) is 2. The maximum atomic E-state index is 12.4.